The lowest BCUT2D eigenvalue weighted by molar-refractivity contribution is 0.867. The second kappa shape index (κ2) is 4.19. The van der Waals surface area contributed by atoms with Crippen molar-refractivity contribution in [3.05, 3.63) is 48.0 Å². The van der Waals surface area contributed by atoms with E-state index in [1.54, 1.807) is 0 Å². The van der Waals surface area contributed by atoms with Crippen molar-refractivity contribution < 1.29 is 0 Å². The third-order valence-corrected chi connectivity index (χ3v) is 2.29. The van der Waals surface area contributed by atoms with E-state index >= 15 is 0 Å². The summed E-state index contributed by atoms with van der Waals surface area (Å²) in [7, 11) is 0. The van der Waals surface area contributed by atoms with Crippen LogP contribution in [0, 0.1) is 17.8 Å². The molecule has 0 saturated heterocycles. The molecule has 0 fully saturated rings. The minimum Gasteiger partial charge on any atom is -0.0950 e. The first-order valence-electron chi connectivity index (χ1n) is 5.26. The summed E-state index contributed by atoms with van der Waals surface area (Å²) in [5.41, 5.74) is 1.13. The molecule has 2 aromatic carbocycles. The molecule has 0 amide bonds. The van der Waals surface area contributed by atoms with Gasteiger partial charge in [0.1, 0.15) is 0 Å². The zero-order chi connectivity index (χ0) is 10.7. The molecule has 74 valence electrons. The summed E-state index contributed by atoms with van der Waals surface area (Å²) in [4.78, 5) is 0. The Hall–Kier alpha value is -1.74. The van der Waals surface area contributed by atoms with Gasteiger partial charge in [0.25, 0.3) is 0 Å². The van der Waals surface area contributed by atoms with E-state index in [-0.39, 0.29) is 0 Å². The molecule has 0 aliphatic carbocycles. The van der Waals surface area contributed by atoms with Crippen LogP contribution in [0.4, 0.5) is 0 Å². The molecule has 0 spiro atoms. The van der Waals surface area contributed by atoms with Crippen molar-refractivity contribution in [3.63, 3.8) is 0 Å². The smallest absolute Gasteiger partial charge is 0.0323 e. The van der Waals surface area contributed by atoms with Crippen LogP contribution in [0.25, 0.3) is 10.8 Å². The summed E-state index contributed by atoms with van der Waals surface area (Å²) in [5, 5.41) is 2.50. The maximum absolute atomic E-state index is 3.24. The largest absolute Gasteiger partial charge is 0.0950 e. The molecule has 0 unspecified atom stereocenters. The minimum atomic E-state index is 0.420. The van der Waals surface area contributed by atoms with Gasteiger partial charge in [-0.3, -0.25) is 0 Å². The topological polar surface area (TPSA) is 0 Å². The quantitative estimate of drug-likeness (QED) is 0.559. The fourth-order valence-corrected chi connectivity index (χ4v) is 1.56. The summed E-state index contributed by atoms with van der Waals surface area (Å²) < 4.78 is 0. The van der Waals surface area contributed by atoms with E-state index in [0.717, 1.165) is 5.56 Å². The fraction of sp³-hybridized carbons (Fsp3) is 0.200. The van der Waals surface area contributed by atoms with Gasteiger partial charge in [-0.1, -0.05) is 62.1 Å². The third kappa shape index (κ3) is 2.19. The molecule has 0 atom stereocenters. The van der Waals surface area contributed by atoms with Gasteiger partial charge >= 0.3 is 0 Å². The van der Waals surface area contributed by atoms with E-state index in [2.05, 4.69) is 68.2 Å². The number of fused-ring (bicyclic) bond motifs is 1. The number of benzene rings is 2. The summed E-state index contributed by atoms with van der Waals surface area (Å²) in [5.74, 6) is 6.86. The van der Waals surface area contributed by atoms with Crippen molar-refractivity contribution in [1.82, 2.24) is 0 Å². The fourth-order valence-electron chi connectivity index (χ4n) is 1.56. The van der Waals surface area contributed by atoms with Crippen molar-refractivity contribution >= 4 is 10.8 Å². The predicted octanol–water partition coefficient (Wildman–Crippen LogP) is 3.85. The third-order valence-electron chi connectivity index (χ3n) is 2.29. The highest BCUT2D eigenvalue weighted by molar-refractivity contribution is 5.88. The van der Waals surface area contributed by atoms with Crippen molar-refractivity contribution in [1.29, 1.82) is 0 Å². The number of rotatable bonds is 0. The molecule has 0 nitrogen and oxygen atoms in total. The Balaban J connectivity index is 2.58. The Morgan fingerprint density at radius 1 is 0.933 bits per heavy atom. The Kier molecular flexibility index (Phi) is 2.74. The lowest BCUT2D eigenvalue weighted by Crippen LogP contribution is -1.82. The van der Waals surface area contributed by atoms with Crippen LogP contribution >= 0.6 is 0 Å². The van der Waals surface area contributed by atoms with Crippen LogP contribution in [0.2, 0.25) is 0 Å². The molecule has 0 radical (unpaired) electrons. The van der Waals surface area contributed by atoms with Gasteiger partial charge in [0.05, 0.1) is 0 Å². The van der Waals surface area contributed by atoms with Gasteiger partial charge in [-0.2, -0.15) is 0 Å². The van der Waals surface area contributed by atoms with Crippen molar-refractivity contribution in [2.45, 2.75) is 13.8 Å². The maximum atomic E-state index is 3.24. The van der Waals surface area contributed by atoms with E-state index in [4.69, 9.17) is 0 Å². The molecule has 0 heterocycles. The van der Waals surface area contributed by atoms with Crippen LogP contribution < -0.4 is 0 Å². The molecule has 2 rings (SSSR count). The van der Waals surface area contributed by atoms with Gasteiger partial charge in [0, 0.05) is 11.5 Å². The Bertz CT molecular complexity index is 519. The molecule has 0 N–H and O–H groups in total. The standard InChI is InChI=1S/C15H14/c1-12(2)10-11-14-8-5-7-13-6-3-4-9-15(13)14/h3-9,12H,1-2H3. The van der Waals surface area contributed by atoms with Crippen molar-refractivity contribution in [2.24, 2.45) is 5.92 Å². The van der Waals surface area contributed by atoms with Crippen LogP contribution in [0.3, 0.4) is 0 Å². The highest BCUT2D eigenvalue weighted by atomic mass is 14.0. The molecule has 0 heteroatoms. The molecular formula is C15H14. The SMILES string of the molecule is CC(C)C#Cc1cccc2ccccc12. The molecule has 0 saturated carbocycles. The van der Waals surface area contributed by atoms with Gasteiger partial charge in [0.2, 0.25) is 0 Å². The molecule has 0 aliphatic rings. The first-order chi connectivity index (χ1) is 7.27. The first-order valence-corrected chi connectivity index (χ1v) is 5.26. The van der Waals surface area contributed by atoms with Crippen LogP contribution in [0.5, 0.6) is 0 Å². The first kappa shape index (κ1) is 9.80. The van der Waals surface area contributed by atoms with Crippen molar-refractivity contribution in [3.8, 4) is 11.8 Å². The van der Waals surface area contributed by atoms with Gasteiger partial charge in [-0.05, 0) is 16.8 Å². The van der Waals surface area contributed by atoms with Crippen LogP contribution in [-0.4, -0.2) is 0 Å². The highest BCUT2D eigenvalue weighted by Crippen LogP contribution is 2.17. The molecular weight excluding hydrogens is 180 g/mol. The predicted molar refractivity (Wildman–Crippen MR) is 65.7 cm³/mol. The summed E-state index contributed by atoms with van der Waals surface area (Å²) in [6.45, 7) is 4.22. The summed E-state index contributed by atoms with van der Waals surface area (Å²) in [6, 6.07) is 14.6. The summed E-state index contributed by atoms with van der Waals surface area (Å²) in [6.07, 6.45) is 0. The van der Waals surface area contributed by atoms with Crippen molar-refractivity contribution in [2.75, 3.05) is 0 Å². The van der Waals surface area contributed by atoms with E-state index in [9.17, 15) is 0 Å². The maximum Gasteiger partial charge on any atom is 0.0323 e. The Labute approximate surface area is 90.9 Å². The normalized spacial score (nSPS) is 10.1. The van der Waals surface area contributed by atoms with E-state index in [0.29, 0.717) is 5.92 Å². The van der Waals surface area contributed by atoms with Gasteiger partial charge in [0.15, 0.2) is 0 Å². The average Bonchev–Trinajstić information content (AvgIpc) is 2.26. The van der Waals surface area contributed by atoms with Crippen LogP contribution in [-0.2, 0) is 0 Å². The molecule has 15 heavy (non-hydrogen) atoms. The molecule has 0 aliphatic heterocycles. The van der Waals surface area contributed by atoms with Gasteiger partial charge in [-0.15, -0.1) is 0 Å². The van der Waals surface area contributed by atoms with E-state index < -0.39 is 0 Å². The monoisotopic (exact) mass is 194 g/mol. The minimum absolute atomic E-state index is 0.420. The average molecular weight is 194 g/mol. The van der Waals surface area contributed by atoms with E-state index in [1.165, 1.54) is 10.8 Å². The van der Waals surface area contributed by atoms with Gasteiger partial charge in [-0.25, -0.2) is 0 Å². The Morgan fingerprint density at radius 3 is 2.47 bits per heavy atom. The lowest BCUT2D eigenvalue weighted by atomic mass is 10.0. The molecule has 2 aromatic rings. The molecule has 0 bridgehead atoms. The second-order valence-corrected chi connectivity index (χ2v) is 3.95. The highest BCUT2D eigenvalue weighted by Gasteiger charge is 1.95. The lowest BCUT2D eigenvalue weighted by Gasteiger charge is -1.99. The van der Waals surface area contributed by atoms with Gasteiger partial charge < -0.3 is 0 Å². The summed E-state index contributed by atoms with van der Waals surface area (Å²) >= 11 is 0. The van der Waals surface area contributed by atoms with Crippen LogP contribution in [0.1, 0.15) is 19.4 Å². The zero-order valence-electron chi connectivity index (χ0n) is 9.12. The number of hydrogen-bond donors (Lipinski definition) is 0. The molecule has 0 aromatic heterocycles. The Morgan fingerprint density at radius 2 is 1.67 bits per heavy atom. The van der Waals surface area contributed by atoms with E-state index in [1.807, 2.05) is 0 Å². The number of hydrogen-bond acceptors (Lipinski definition) is 0. The zero-order valence-corrected chi connectivity index (χ0v) is 9.12. The van der Waals surface area contributed by atoms with Crippen LogP contribution in [0.15, 0.2) is 42.5 Å². The second-order valence-electron chi connectivity index (χ2n) is 3.95.